The topological polar surface area (TPSA) is 52.8 Å². The highest BCUT2D eigenvalue weighted by atomic mass is 32.2. The molecule has 0 unspecified atom stereocenters. The van der Waals surface area contributed by atoms with E-state index < -0.39 is 0 Å². The van der Waals surface area contributed by atoms with Crippen LogP contribution >= 0.6 is 11.8 Å². The molecule has 112 valence electrons. The summed E-state index contributed by atoms with van der Waals surface area (Å²) in [4.78, 5) is 4.05. The Morgan fingerprint density at radius 3 is 2.41 bits per heavy atom. The van der Waals surface area contributed by atoms with Crippen LogP contribution in [0.2, 0.25) is 0 Å². The van der Waals surface area contributed by atoms with E-state index in [1.54, 1.807) is 31.3 Å². The van der Waals surface area contributed by atoms with Crippen LogP contribution in [-0.2, 0) is 6.54 Å². The van der Waals surface area contributed by atoms with Crippen LogP contribution in [0.5, 0.6) is 5.75 Å². The fourth-order valence-corrected chi connectivity index (χ4v) is 2.70. The summed E-state index contributed by atoms with van der Waals surface area (Å²) >= 11 is 1.59. The average Bonchev–Trinajstić information content (AvgIpc) is 2.99. The van der Waals surface area contributed by atoms with E-state index in [9.17, 15) is 0 Å². The second-order valence-electron chi connectivity index (χ2n) is 4.68. The van der Waals surface area contributed by atoms with Gasteiger partial charge in [-0.05, 0) is 36.1 Å². The molecule has 2 heterocycles. The number of rotatable bonds is 5. The molecule has 0 aliphatic rings. The number of thioether (sulfide) groups is 1. The first-order valence-corrected chi connectivity index (χ1v) is 8.05. The fraction of sp³-hybridized carbons (Fsp3) is 0.188. The molecule has 0 bridgehead atoms. The number of hydrogen-bond acceptors (Lipinski definition) is 5. The van der Waals surface area contributed by atoms with E-state index in [2.05, 4.69) is 31.9 Å². The SMILES string of the molecule is COc1ccc(Cn2c(SC)nnc2-c2ccncc2)cc1. The van der Waals surface area contributed by atoms with Crippen LogP contribution in [0, 0.1) is 0 Å². The summed E-state index contributed by atoms with van der Waals surface area (Å²) in [5.41, 5.74) is 2.18. The number of hydrogen-bond donors (Lipinski definition) is 0. The molecule has 0 radical (unpaired) electrons. The normalized spacial score (nSPS) is 10.6. The number of benzene rings is 1. The number of pyridine rings is 1. The lowest BCUT2D eigenvalue weighted by Crippen LogP contribution is -2.04. The molecule has 2 aromatic heterocycles. The van der Waals surface area contributed by atoms with Crippen molar-refractivity contribution in [1.82, 2.24) is 19.7 Å². The van der Waals surface area contributed by atoms with Gasteiger partial charge in [-0.25, -0.2) is 0 Å². The molecule has 0 N–H and O–H groups in total. The Labute approximate surface area is 133 Å². The van der Waals surface area contributed by atoms with Crippen molar-refractivity contribution in [2.45, 2.75) is 11.7 Å². The maximum atomic E-state index is 5.20. The summed E-state index contributed by atoms with van der Waals surface area (Å²) in [5.74, 6) is 1.70. The van der Waals surface area contributed by atoms with Crippen LogP contribution in [0.4, 0.5) is 0 Å². The van der Waals surface area contributed by atoms with Gasteiger partial charge in [0, 0.05) is 18.0 Å². The third-order valence-corrected chi connectivity index (χ3v) is 4.00. The molecular formula is C16H16N4OS. The van der Waals surface area contributed by atoms with Gasteiger partial charge in [0.15, 0.2) is 11.0 Å². The number of aromatic nitrogens is 4. The Morgan fingerprint density at radius 2 is 1.77 bits per heavy atom. The first-order chi connectivity index (χ1) is 10.8. The van der Waals surface area contributed by atoms with Crippen molar-refractivity contribution >= 4 is 11.8 Å². The van der Waals surface area contributed by atoms with Gasteiger partial charge in [-0.3, -0.25) is 9.55 Å². The van der Waals surface area contributed by atoms with E-state index >= 15 is 0 Å². The smallest absolute Gasteiger partial charge is 0.191 e. The van der Waals surface area contributed by atoms with Gasteiger partial charge in [-0.2, -0.15) is 0 Å². The maximum Gasteiger partial charge on any atom is 0.191 e. The summed E-state index contributed by atoms with van der Waals surface area (Å²) in [5, 5.41) is 9.49. The molecule has 0 atom stereocenters. The van der Waals surface area contributed by atoms with Gasteiger partial charge in [0.2, 0.25) is 0 Å². The van der Waals surface area contributed by atoms with Crippen molar-refractivity contribution in [1.29, 1.82) is 0 Å². The molecule has 0 saturated carbocycles. The predicted molar refractivity (Wildman–Crippen MR) is 87.1 cm³/mol. The first kappa shape index (κ1) is 14.6. The Morgan fingerprint density at radius 1 is 1.05 bits per heavy atom. The Bertz CT molecular complexity index is 741. The van der Waals surface area contributed by atoms with E-state index in [-0.39, 0.29) is 0 Å². The molecule has 6 heteroatoms. The molecule has 0 aliphatic carbocycles. The van der Waals surface area contributed by atoms with Crippen molar-refractivity contribution in [3.05, 3.63) is 54.4 Å². The molecule has 0 aliphatic heterocycles. The van der Waals surface area contributed by atoms with Crippen LogP contribution in [0.25, 0.3) is 11.4 Å². The van der Waals surface area contributed by atoms with Gasteiger partial charge in [0.1, 0.15) is 5.75 Å². The summed E-state index contributed by atoms with van der Waals surface area (Å²) in [6.07, 6.45) is 5.53. The Hall–Kier alpha value is -2.34. The number of ether oxygens (including phenoxy) is 1. The minimum absolute atomic E-state index is 0.713. The summed E-state index contributed by atoms with van der Waals surface area (Å²) in [6.45, 7) is 0.713. The highest BCUT2D eigenvalue weighted by Crippen LogP contribution is 2.24. The monoisotopic (exact) mass is 312 g/mol. The van der Waals surface area contributed by atoms with Gasteiger partial charge in [-0.1, -0.05) is 23.9 Å². The van der Waals surface area contributed by atoms with Crippen molar-refractivity contribution in [3.8, 4) is 17.1 Å². The molecule has 0 amide bonds. The molecular weight excluding hydrogens is 296 g/mol. The fourth-order valence-electron chi connectivity index (χ4n) is 2.21. The molecule has 0 fully saturated rings. The largest absolute Gasteiger partial charge is 0.497 e. The van der Waals surface area contributed by atoms with Gasteiger partial charge in [-0.15, -0.1) is 10.2 Å². The molecule has 0 spiro atoms. The summed E-state index contributed by atoms with van der Waals surface area (Å²) < 4.78 is 7.31. The maximum absolute atomic E-state index is 5.20. The number of nitrogens with zero attached hydrogens (tertiary/aromatic N) is 4. The highest BCUT2D eigenvalue weighted by molar-refractivity contribution is 7.98. The van der Waals surface area contributed by atoms with Crippen molar-refractivity contribution in [2.24, 2.45) is 0 Å². The molecule has 1 aromatic carbocycles. The zero-order valence-electron chi connectivity index (χ0n) is 12.4. The standard InChI is InChI=1S/C16H16N4OS/c1-21-14-5-3-12(4-6-14)11-20-15(18-19-16(20)22-2)13-7-9-17-10-8-13/h3-10H,11H2,1-2H3. The Kier molecular flexibility index (Phi) is 4.39. The average molecular weight is 312 g/mol. The third kappa shape index (κ3) is 2.96. The molecule has 3 aromatic rings. The summed E-state index contributed by atoms with van der Waals surface area (Å²) in [7, 11) is 1.67. The van der Waals surface area contributed by atoms with Crippen LogP contribution in [0.1, 0.15) is 5.56 Å². The predicted octanol–water partition coefficient (Wildman–Crippen LogP) is 3.12. The third-order valence-electron chi connectivity index (χ3n) is 3.34. The van der Waals surface area contributed by atoms with Gasteiger partial charge < -0.3 is 4.74 Å². The first-order valence-electron chi connectivity index (χ1n) is 6.82. The van der Waals surface area contributed by atoms with Crippen LogP contribution in [0.3, 0.4) is 0 Å². The van der Waals surface area contributed by atoms with E-state index in [0.717, 1.165) is 22.3 Å². The van der Waals surface area contributed by atoms with Crippen LogP contribution < -0.4 is 4.74 Å². The van der Waals surface area contributed by atoms with Crippen molar-refractivity contribution < 1.29 is 4.74 Å². The zero-order valence-corrected chi connectivity index (χ0v) is 13.2. The van der Waals surface area contributed by atoms with Gasteiger partial charge in [0.25, 0.3) is 0 Å². The second kappa shape index (κ2) is 6.62. The van der Waals surface area contributed by atoms with E-state index in [1.807, 2.05) is 30.5 Å². The van der Waals surface area contributed by atoms with Crippen molar-refractivity contribution in [2.75, 3.05) is 13.4 Å². The summed E-state index contributed by atoms with van der Waals surface area (Å²) in [6, 6.07) is 11.9. The van der Waals surface area contributed by atoms with Gasteiger partial charge >= 0.3 is 0 Å². The van der Waals surface area contributed by atoms with E-state index in [4.69, 9.17) is 4.74 Å². The molecule has 22 heavy (non-hydrogen) atoms. The quantitative estimate of drug-likeness (QED) is 0.678. The highest BCUT2D eigenvalue weighted by Gasteiger charge is 2.13. The van der Waals surface area contributed by atoms with E-state index in [1.165, 1.54) is 5.56 Å². The Balaban J connectivity index is 1.96. The zero-order chi connectivity index (χ0) is 15.4. The molecule has 5 nitrogen and oxygen atoms in total. The van der Waals surface area contributed by atoms with Crippen molar-refractivity contribution in [3.63, 3.8) is 0 Å². The minimum atomic E-state index is 0.713. The second-order valence-corrected chi connectivity index (χ2v) is 5.45. The molecule has 0 saturated heterocycles. The van der Waals surface area contributed by atoms with E-state index in [0.29, 0.717) is 6.54 Å². The van der Waals surface area contributed by atoms with Crippen LogP contribution in [-0.4, -0.2) is 33.1 Å². The molecule has 3 rings (SSSR count). The minimum Gasteiger partial charge on any atom is -0.497 e. The lowest BCUT2D eigenvalue weighted by Gasteiger charge is -2.10. The lowest BCUT2D eigenvalue weighted by molar-refractivity contribution is 0.414. The van der Waals surface area contributed by atoms with Gasteiger partial charge in [0.05, 0.1) is 13.7 Å². The number of methoxy groups -OCH3 is 1. The lowest BCUT2D eigenvalue weighted by atomic mass is 10.2. The van der Waals surface area contributed by atoms with Crippen LogP contribution in [0.15, 0.2) is 53.9 Å².